The van der Waals surface area contributed by atoms with Crippen LogP contribution in [-0.2, 0) is 5.41 Å². The molecule has 1 aliphatic heterocycles. The third-order valence-electron chi connectivity index (χ3n) is 5.41. The van der Waals surface area contributed by atoms with E-state index < -0.39 is 0 Å². The molecule has 1 aliphatic rings. The van der Waals surface area contributed by atoms with Crippen LogP contribution in [0.5, 0.6) is 0 Å². The van der Waals surface area contributed by atoms with Crippen molar-refractivity contribution in [2.24, 2.45) is 0 Å². The van der Waals surface area contributed by atoms with Crippen molar-refractivity contribution in [3.63, 3.8) is 0 Å². The summed E-state index contributed by atoms with van der Waals surface area (Å²) in [6.45, 7) is 6.71. The van der Waals surface area contributed by atoms with Crippen LogP contribution >= 0.6 is 0 Å². The van der Waals surface area contributed by atoms with Gasteiger partial charge in [-0.3, -0.25) is 10.4 Å². The van der Waals surface area contributed by atoms with Gasteiger partial charge in [-0.15, -0.1) is 0 Å². The maximum Gasteiger partial charge on any atom is 0.0958 e. The van der Waals surface area contributed by atoms with Crippen LogP contribution in [0.1, 0.15) is 43.5 Å². The molecule has 0 spiro atoms. The first-order valence-electron chi connectivity index (χ1n) is 10.4. The monoisotopic (exact) mass is 395 g/mol. The molecule has 1 unspecified atom stereocenters. The predicted molar refractivity (Wildman–Crippen MR) is 128 cm³/mol. The van der Waals surface area contributed by atoms with Crippen LogP contribution in [0.3, 0.4) is 0 Å². The van der Waals surface area contributed by atoms with Crippen molar-refractivity contribution >= 4 is 17.5 Å². The summed E-state index contributed by atoms with van der Waals surface area (Å²) in [5, 5.41) is 2.19. The van der Waals surface area contributed by atoms with Crippen LogP contribution in [0.2, 0.25) is 0 Å². The zero-order valence-electron chi connectivity index (χ0n) is 17.8. The number of nitrogens with zero attached hydrogens (tertiary/aromatic N) is 1. The molecule has 0 fully saturated rings. The SMILES string of the molecule is CC(C)(C)c1ccc(C=CC2=CC(c3ccc(N)cc3)N(c3ccccc3)N2)cc1. The van der Waals surface area contributed by atoms with Gasteiger partial charge in [0.1, 0.15) is 0 Å². The molecular weight excluding hydrogens is 366 g/mol. The second kappa shape index (κ2) is 8.11. The van der Waals surface area contributed by atoms with E-state index in [2.05, 4.69) is 110 Å². The molecular formula is C27H29N3. The van der Waals surface area contributed by atoms with Gasteiger partial charge in [0, 0.05) is 5.69 Å². The zero-order valence-corrected chi connectivity index (χ0v) is 17.8. The number of benzene rings is 3. The fourth-order valence-electron chi connectivity index (χ4n) is 3.62. The molecule has 0 radical (unpaired) electrons. The molecule has 1 heterocycles. The molecule has 3 nitrogen and oxygen atoms in total. The van der Waals surface area contributed by atoms with E-state index in [1.807, 2.05) is 18.2 Å². The highest BCUT2D eigenvalue weighted by Crippen LogP contribution is 2.32. The second-order valence-electron chi connectivity index (χ2n) is 8.76. The van der Waals surface area contributed by atoms with Gasteiger partial charge in [0.2, 0.25) is 0 Å². The fraction of sp³-hybridized carbons (Fsp3) is 0.185. The van der Waals surface area contributed by atoms with Crippen LogP contribution in [0.15, 0.2) is 96.7 Å². The van der Waals surface area contributed by atoms with Gasteiger partial charge in [-0.1, -0.05) is 81.4 Å². The zero-order chi connectivity index (χ0) is 21.1. The number of rotatable bonds is 4. The molecule has 0 saturated heterocycles. The van der Waals surface area contributed by atoms with Crippen molar-refractivity contribution in [2.45, 2.75) is 32.2 Å². The number of nitrogen functional groups attached to an aromatic ring is 1. The fourth-order valence-corrected chi connectivity index (χ4v) is 3.62. The smallest absolute Gasteiger partial charge is 0.0958 e. The first-order chi connectivity index (χ1) is 14.4. The second-order valence-corrected chi connectivity index (χ2v) is 8.76. The number of nitrogens with two attached hydrogens (primary N) is 1. The Hall–Kier alpha value is -3.46. The third kappa shape index (κ3) is 4.41. The summed E-state index contributed by atoms with van der Waals surface area (Å²) < 4.78 is 0. The molecule has 0 aromatic heterocycles. The number of anilines is 2. The Bertz CT molecular complexity index is 1040. The Balaban J connectivity index is 1.59. The summed E-state index contributed by atoms with van der Waals surface area (Å²) in [5.41, 5.74) is 16.3. The maximum absolute atomic E-state index is 5.89. The Morgan fingerprint density at radius 1 is 0.833 bits per heavy atom. The van der Waals surface area contributed by atoms with Gasteiger partial charge >= 0.3 is 0 Å². The van der Waals surface area contributed by atoms with E-state index >= 15 is 0 Å². The topological polar surface area (TPSA) is 41.3 Å². The number of nitrogens with one attached hydrogen (secondary N) is 1. The first-order valence-corrected chi connectivity index (χ1v) is 10.4. The highest BCUT2D eigenvalue weighted by molar-refractivity contribution is 5.58. The van der Waals surface area contributed by atoms with Crippen molar-refractivity contribution in [1.29, 1.82) is 0 Å². The maximum atomic E-state index is 5.89. The van der Waals surface area contributed by atoms with E-state index in [1.165, 1.54) is 16.7 Å². The number of hydrogen-bond acceptors (Lipinski definition) is 3. The van der Waals surface area contributed by atoms with E-state index in [4.69, 9.17) is 5.73 Å². The van der Waals surface area contributed by atoms with Gasteiger partial charge in [0.25, 0.3) is 0 Å². The van der Waals surface area contributed by atoms with E-state index in [0.29, 0.717) is 0 Å². The van der Waals surface area contributed by atoms with Gasteiger partial charge in [-0.05, 0) is 58.5 Å². The standard InChI is InChI=1S/C27H29N3/c1-27(2,3)22-14-9-20(10-15-22)11-18-24-19-26(21-12-16-23(28)17-13-21)30(29-24)25-7-5-4-6-8-25/h4-19,26,29H,28H2,1-3H3. The van der Waals surface area contributed by atoms with Gasteiger partial charge in [0.05, 0.1) is 17.4 Å². The molecule has 0 amide bonds. The minimum Gasteiger partial charge on any atom is -0.399 e. The van der Waals surface area contributed by atoms with Crippen LogP contribution in [0, 0.1) is 0 Å². The Kier molecular flexibility index (Phi) is 5.37. The lowest BCUT2D eigenvalue weighted by atomic mass is 9.87. The van der Waals surface area contributed by atoms with Crippen LogP contribution in [-0.4, -0.2) is 0 Å². The van der Waals surface area contributed by atoms with E-state index in [0.717, 1.165) is 17.1 Å². The number of para-hydroxylation sites is 1. The lowest BCUT2D eigenvalue weighted by Crippen LogP contribution is -2.33. The largest absolute Gasteiger partial charge is 0.399 e. The molecule has 3 aromatic carbocycles. The lowest BCUT2D eigenvalue weighted by Gasteiger charge is -2.27. The molecule has 3 aromatic rings. The predicted octanol–water partition coefficient (Wildman–Crippen LogP) is 6.23. The van der Waals surface area contributed by atoms with Gasteiger partial charge in [-0.25, -0.2) is 0 Å². The number of hydrogen-bond donors (Lipinski definition) is 2. The normalized spacial score (nSPS) is 16.6. The van der Waals surface area contributed by atoms with Gasteiger partial charge < -0.3 is 5.73 Å². The number of hydrazine groups is 1. The highest BCUT2D eigenvalue weighted by Gasteiger charge is 2.25. The molecule has 4 rings (SSSR count). The summed E-state index contributed by atoms with van der Waals surface area (Å²) in [6.07, 6.45) is 6.54. The molecule has 3 N–H and O–H groups in total. The molecule has 1 atom stereocenters. The van der Waals surface area contributed by atoms with Crippen LogP contribution in [0.4, 0.5) is 11.4 Å². The highest BCUT2D eigenvalue weighted by atomic mass is 15.5. The van der Waals surface area contributed by atoms with Crippen molar-refractivity contribution in [3.05, 3.63) is 113 Å². The van der Waals surface area contributed by atoms with Gasteiger partial charge in [0.15, 0.2) is 0 Å². The first kappa shape index (κ1) is 19.8. The van der Waals surface area contributed by atoms with Crippen molar-refractivity contribution in [1.82, 2.24) is 5.43 Å². The molecule has 30 heavy (non-hydrogen) atoms. The molecule has 0 saturated carbocycles. The summed E-state index contributed by atoms with van der Waals surface area (Å²) in [5.74, 6) is 0. The number of allylic oxidation sites excluding steroid dienone is 1. The Morgan fingerprint density at radius 3 is 2.13 bits per heavy atom. The van der Waals surface area contributed by atoms with E-state index in [9.17, 15) is 0 Å². The lowest BCUT2D eigenvalue weighted by molar-refractivity contribution is 0.590. The van der Waals surface area contributed by atoms with Gasteiger partial charge in [-0.2, -0.15) is 0 Å². The van der Waals surface area contributed by atoms with E-state index in [-0.39, 0.29) is 11.5 Å². The summed E-state index contributed by atoms with van der Waals surface area (Å²) >= 11 is 0. The molecule has 0 bridgehead atoms. The molecule has 3 heteroatoms. The minimum absolute atomic E-state index is 0.0934. The Morgan fingerprint density at radius 2 is 1.50 bits per heavy atom. The average molecular weight is 396 g/mol. The van der Waals surface area contributed by atoms with Crippen molar-refractivity contribution in [2.75, 3.05) is 10.7 Å². The summed E-state index contributed by atoms with van der Waals surface area (Å²) in [4.78, 5) is 0. The molecule has 0 aliphatic carbocycles. The van der Waals surface area contributed by atoms with Crippen molar-refractivity contribution < 1.29 is 0 Å². The van der Waals surface area contributed by atoms with Crippen LogP contribution in [0.25, 0.3) is 6.08 Å². The van der Waals surface area contributed by atoms with E-state index in [1.54, 1.807) is 0 Å². The summed E-state index contributed by atoms with van der Waals surface area (Å²) in [7, 11) is 0. The average Bonchev–Trinajstić information content (AvgIpc) is 3.17. The molecule has 152 valence electrons. The Labute approximate surface area is 179 Å². The third-order valence-corrected chi connectivity index (χ3v) is 5.41. The van der Waals surface area contributed by atoms with Crippen LogP contribution < -0.4 is 16.2 Å². The minimum atomic E-state index is 0.0934. The van der Waals surface area contributed by atoms with Crippen molar-refractivity contribution in [3.8, 4) is 0 Å². The quantitative estimate of drug-likeness (QED) is 0.515. The summed E-state index contributed by atoms with van der Waals surface area (Å²) in [6, 6.07) is 27.3.